The SMILES string of the molecule is CC(C)C[C@H](NC(=O)[C@H](Cc1ccc(O)cc1)NC(=O)[C@@H](N)CCCN)C(=O)N1CCC[C@H]1C(=O)N[C@H](C(=O)O)[C@@H](C)O. The minimum Gasteiger partial charge on any atom is -0.508 e. The molecule has 0 aliphatic carbocycles. The van der Waals surface area contributed by atoms with Gasteiger partial charge in [-0.05, 0) is 69.2 Å². The van der Waals surface area contributed by atoms with Crippen molar-refractivity contribution < 1.29 is 39.3 Å². The van der Waals surface area contributed by atoms with Crippen LogP contribution in [0.5, 0.6) is 5.75 Å². The molecule has 1 aliphatic rings. The molecule has 0 unspecified atom stereocenters. The molecule has 4 amide bonds. The van der Waals surface area contributed by atoms with Crippen molar-refractivity contribution in [1.29, 1.82) is 0 Å². The average molecular weight is 607 g/mol. The summed E-state index contributed by atoms with van der Waals surface area (Å²) in [4.78, 5) is 66.0. The number of benzene rings is 1. The standard InChI is InChI=1S/C29H46N6O8/c1-16(2)14-22(28(41)35-13-5-7-23(35)27(40)34-24(17(3)36)29(42)43)33-26(39)21(15-18-8-10-19(37)11-9-18)32-25(38)20(31)6-4-12-30/h8-11,16-17,20-24,36-37H,4-7,12-15,30-31H2,1-3H3,(H,32,38)(H,33,39)(H,34,40)(H,42,43)/t17-,20+,21+,22+,23+,24+/m1/s1. The Morgan fingerprint density at radius 1 is 1.00 bits per heavy atom. The van der Waals surface area contributed by atoms with Crippen molar-refractivity contribution in [3.8, 4) is 5.75 Å². The Hall–Kier alpha value is -3.75. The van der Waals surface area contributed by atoms with Crippen LogP contribution in [0, 0.1) is 5.92 Å². The molecule has 0 bridgehead atoms. The minimum atomic E-state index is -1.54. The Labute approximate surface area is 251 Å². The quantitative estimate of drug-likeness (QED) is 0.114. The zero-order chi connectivity index (χ0) is 32.3. The number of phenols is 1. The fourth-order valence-corrected chi connectivity index (χ4v) is 4.93. The first-order chi connectivity index (χ1) is 20.2. The van der Waals surface area contributed by atoms with Gasteiger partial charge in [0.15, 0.2) is 6.04 Å². The van der Waals surface area contributed by atoms with Crippen LogP contribution in [0.1, 0.15) is 58.4 Å². The Kier molecular flexibility index (Phi) is 13.8. The van der Waals surface area contributed by atoms with Gasteiger partial charge in [0.25, 0.3) is 0 Å². The van der Waals surface area contributed by atoms with Gasteiger partial charge >= 0.3 is 5.97 Å². The first kappa shape index (κ1) is 35.4. The molecule has 14 heteroatoms. The Morgan fingerprint density at radius 3 is 2.19 bits per heavy atom. The van der Waals surface area contributed by atoms with E-state index in [-0.39, 0.29) is 37.5 Å². The zero-order valence-electron chi connectivity index (χ0n) is 25.0. The number of carboxylic acids is 1. The largest absolute Gasteiger partial charge is 0.508 e. The van der Waals surface area contributed by atoms with Gasteiger partial charge in [-0.1, -0.05) is 26.0 Å². The van der Waals surface area contributed by atoms with Gasteiger partial charge in [0, 0.05) is 13.0 Å². The molecular weight excluding hydrogens is 560 g/mol. The van der Waals surface area contributed by atoms with Crippen molar-refractivity contribution in [3.63, 3.8) is 0 Å². The van der Waals surface area contributed by atoms with Gasteiger partial charge in [-0.3, -0.25) is 19.2 Å². The number of nitrogens with one attached hydrogen (secondary N) is 3. The monoisotopic (exact) mass is 606 g/mol. The molecule has 0 aromatic heterocycles. The van der Waals surface area contributed by atoms with Crippen LogP contribution in [-0.2, 0) is 30.4 Å². The fourth-order valence-electron chi connectivity index (χ4n) is 4.93. The summed E-state index contributed by atoms with van der Waals surface area (Å²) in [6.45, 7) is 5.55. The molecule has 1 aromatic rings. The van der Waals surface area contributed by atoms with E-state index in [1.54, 1.807) is 12.1 Å². The Bertz CT molecular complexity index is 1110. The van der Waals surface area contributed by atoms with Gasteiger partial charge in [0.1, 0.15) is 23.9 Å². The number of likely N-dealkylation sites (tertiary alicyclic amines) is 1. The van der Waals surface area contributed by atoms with E-state index in [0.717, 1.165) is 0 Å². The number of carbonyl (C=O) groups is 5. The van der Waals surface area contributed by atoms with Crippen LogP contribution in [0.2, 0.25) is 0 Å². The highest BCUT2D eigenvalue weighted by Crippen LogP contribution is 2.21. The van der Waals surface area contributed by atoms with E-state index in [9.17, 15) is 39.3 Å². The number of aliphatic hydroxyl groups is 1. The van der Waals surface area contributed by atoms with Gasteiger partial charge in [-0.25, -0.2) is 4.79 Å². The van der Waals surface area contributed by atoms with E-state index in [1.807, 2.05) is 13.8 Å². The summed E-state index contributed by atoms with van der Waals surface area (Å²) in [5, 5.41) is 36.5. The lowest BCUT2D eigenvalue weighted by molar-refractivity contribution is -0.147. The number of rotatable bonds is 16. The first-order valence-electron chi connectivity index (χ1n) is 14.6. The average Bonchev–Trinajstić information content (AvgIpc) is 3.44. The first-order valence-corrected chi connectivity index (χ1v) is 14.6. The van der Waals surface area contributed by atoms with Crippen molar-refractivity contribution in [2.45, 2.75) is 95.6 Å². The summed E-state index contributed by atoms with van der Waals surface area (Å²) in [5.74, 6) is -3.82. The zero-order valence-corrected chi connectivity index (χ0v) is 25.0. The third-order valence-corrected chi connectivity index (χ3v) is 7.27. The van der Waals surface area contributed by atoms with Crippen LogP contribution >= 0.6 is 0 Å². The molecule has 2 rings (SSSR count). The minimum absolute atomic E-state index is 0.0347. The lowest BCUT2D eigenvalue weighted by Gasteiger charge is -2.31. The Morgan fingerprint density at radius 2 is 1.63 bits per heavy atom. The second kappa shape index (κ2) is 16.8. The van der Waals surface area contributed by atoms with Crippen molar-refractivity contribution in [3.05, 3.63) is 29.8 Å². The molecule has 0 spiro atoms. The highest BCUT2D eigenvalue weighted by molar-refractivity contribution is 5.96. The van der Waals surface area contributed by atoms with Crippen molar-refractivity contribution >= 4 is 29.6 Å². The molecule has 6 atom stereocenters. The van der Waals surface area contributed by atoms with Gasteiger partial charge in [0.2, 0.25) is 23.6 Å². The van der Waals surface area contributed by atoms with Gasteiger partial charge in [0.05, 0.1) is 12.1 Å². The van der Waals surface area contributed by atoms with E-state index in [4.69, 9.17) is 11.5 Å². The van der Waals surface area contributed by atoms with E-state index in [0.29, 0.717) is 31.4 Å². The number of carbonyl (C=O) groups excluding carboxylic acids is 4. The predicted molar refractivity (Wildman–Crippen MR) is 157 cm³/mol. The number of hydrogen-bond acceptors (Lipinski definition) is 9. The molecule has 10 N–H and O–H groups in total. The molecule has 0 radical (unpaired) electrons. The summed E-state index contributed by atoms with van der Waals surface area (Å²) in [5.41, 5.74) is 12.2. The van der Waals surface area contributed by atoms with Gasteiger partial charge in [-0.15, -0.1) is 0 Å². The van der Waals surface area contributed by atoms with Gasteiger partial charge in [-0.2, -0.15) is 0 Å². The Balaban J connectivity index is 2.27. The van der Waals surface area contributed by atoms with Crippen LogP contribution in [0.25, 0.3) is 0 Å². The summed E-state index contributed by atoms with van der Waals surface area (Å²) < 4.78 is 0. The second-order valence-electron chi connectivity index (χ2n) is 11.4. The van der Waals surface area contributed by atoms with Crippen molar-refractivity contribution in [1.82, 2.24) is 20.9 Å². The topological polar surface area (TPSA) is 237 Å². The number of amides is 4. The molecule has 43 heavy (non-hydrogen) atoms. The van der Waals surface area contributed by atoms with Crippen LogP contribution in [0.15, 0.2) is 24.3 Å². The highest BCUT2D eigenvalue weighted by Gasteiger charge is 2.40. The third kappa shape index (κ3) is 10.8. The van der Waals surface area contributed by atoms with Crippen LogP contribution in [0.3, 0.4) is 0 Å². The number of hydrogen-bond donors (Lipinski definition) is 8. The van der Waals surface area contributed by atoms with Crippen LogP contribution < -0.4 is 27.4 Å². The maximum Gasteiger partial charge on any atom is 0.328 e. The molecule has 14 nitrogen and oxygen atoms in total. The number of aromatic hydroxyl groups is 1. The van der Waals surface area contributed by atoms with E-state index in [1.165, 1.54) is 24.0 Å². The maximum atomic E-state index is 13.8. The summed E-state index contributed by atoms with van der Waals surface area (Å²) >= 11 is 0. The molecule has 1 saturated heterocycles. The smallest absolute Gasteiger partial charge is 0.328 e. The third-order valence-electron chi connectivity index (χ3n) is 7.27. The van der Waals surface area contributed by atoms with Crippen LogP contribution in [0.4, 0.5) is 0 Å². The van der Waals surface area contributed by atoms with Crippen molar-refractivity contribution in [2.24, 2.45) is 17.4 Å². The normalized spacial score (nSPS) is 18.3. The summed E-state index contributed by atoms with van der Waals surface area (Å²) in [6, 6.07) is 0.554. The second-order valence-corrected chi connectivity index (χ2v) is 11.4. The maximum absolute atomic E-state index is 13.8. The highest BCUT2D eigenvalue weighted by atomic mass is 16.4. The fraction of sp³-hybridized carbons (Fsp3) is 0.621. The lowest BCUT2D eigenvalue weighted by atomic mass is 10.00. The van der Waals surface area contributed by atoms with Crippen LogP contribution in [-0.4, -0.2) is 99.2 Å². The van der Waals surface area contributed by atoms with Crippen molar-refractivity contribution in [2.75, 3.05) is 13.1 Å². The number of nitrogens with two attached hydrogens (primary N) is 2. The molecule has 1 fully saturated rings. The molecule has 240 valence electrons. The summed E-state index contributed by atoms with van der Waals surface area (Å²) in [6.07, 6.45) is 0.532. The number of carboxylic acid groups (broad SMARTS) is 1. The molecule has 1 aliphatic heterocycles. The molecule has 0 saturated carbocycles. The summed E-state index contributed by atoms with van der Waals surface area (Å²) in [7, 11) is 0. The van der Waals surface area contributed by atoms with Gasteiger partial charge < -0.3 is 47.6 Å². The number of aliphatic carboxylic acids is 1. The number of aliphatic hydroxyl groups excluding tert-OH is 1. The number of nitrogens with zero attached hydrogens (tertiary/aromatic N) is 1. The van der Waals surface area contributed by atoms with E-state index >= 15 is 0 Å². The van der Waals surface area contributed by atoms with E-state index in [2.05, 4.69) is 16.0 Å². The number of phenolic OH excluding ortho intramolecular Hbond substituents is 1. The molecule has 1 aromatic carbocycles. The van der Waals surface area contributed by atoms with E-state index < -0.39 is 65.9 Å². The molecule has 1 heterocycles. The predicted octanol–water partition coefficient (Wildman–Crippen LogP) is -1.04. The lowest BCUT2D eigenvalue weighted by Crippen LogP contribution is -2.59. The molecular formula is C29H46N6O8.